The third kappa shape index (κ3) is 11.1. The normalized spacial score (nSPS) is 14.4. The Morgan fingerprint density at radius 2 is 1.72 bits per heavy atom. The van der Waals surface area contributed by atoms with Crippen molar-refractivity contribution < 1.29 is 18.8 Å². The van der Waals surface area contributed by atoms with Crippen molar-refractivity contribution in [3.8, 4) is 0 Å². The number of anilines is 1. The molecule has 1 aromatic rings. The number of hydrogen-bond acceptors (Lipinski definition) is 6. The van der Waals surface area contributed by atoms with Gasteiger partial charge in [0, 0.05) is 38.7 Å². The molecule has 1 aliphatic rings. The van der Waals surface area contributed by atoms with Crippen LogP contribution in [-0.4, -0.2) is 72.7 Å². The van der Waals surface area contributed by atoms with Crippen molar-refractivity contribution in [2.75, 3.05) is 51.3 Å². The highest BCUT2D eigenvalue weighted by atomic mass is 16.5. The molecule has 0 aromatic carbocycles. The first kappa shape index (κ1) is 26.3. The molecule has 0 bridgehead atoms. The number of unbranched alkanes of at least 4 members (excludes halogenated alkanes) is 8. The zero-order chi connectivity index (χ0) is 23.0. The minimum Gasteiger partial charge on any atom is -0.379 e. The van der Waals surface area contributed by atoms with Gasteiger partial charge in [-0.15, -0.1) is 0 Å². The third-order valence-corrected chi connectivity index (χ3v) is 5.87. The molecule has 8 nitrogen and oxygen atoms in total. The van der Waals surface area contributed by atoms with E-state index in [1.807, 2.05) is 0 Å². The predicted molar refractivity (Wildman–Crippen MR) is 126 cm³/mol. The maximum absolute atomic E-state index is 12.9. The average Bonchev–Trinajstić information content (AvgIpc) is 3.20. The molecule has 2 rings (SSSR count). The lowest BCUT2D eigenvalue weighted by atomic mass is 10.1. The van der Waals surface area contributed by atoms with Crippen LogP contribution < -0.4 is 5.32 Å². The van der Waals surface area contributed by atoms with Crippen LogP contribution >= 0.6 is 0 Å². The first-order valence-electron chi connectivity index (χ1n) is 12.4. The number of hydrogen-bond donors (Lipinski definition) is 1. The number of morpholine rings is 1. The molecule has 1 saturated heterocycles. The monoisotopic (exact) mass is 450 g/mol. The molecular weight excluding hydrogens is 408 g/mol. The van der Waals surface area contributed by atoms with Gasteiger partial charge in [0.1, 0.15) is 5.76 Å². The molecule has 2 heterocycles. The van der Waals surface area contributed by atoms with Crippen LogP contribution in [-0.2, 0) is 14.3 Å². The Labute approximate surface area is 193 Å². The minimum absolute atomic E-state index is 0.0342. The fourth-order valence-corrected chi connectivity index (χ4v) is 3.90. The zero-order valence-corrected chi connectivity index (χ0v) is 20.1. The Morgan fingerprint density at radius 3 is 2.34 bits per heavy atom. The van der Waals surface area contributed by atoms with Crippen LogP contribution in [0, 0.1) is 6.92 Å². The van der Waals surface area contributed by atoms with Gasteiger partial charge < -0.3 is 19.5 Å². The SMILES string of the molecule is CCCCCCCCCCCC(=O)N(CCN1CCOCC1)CC(=O)Nc1cc(C)on1. The Balaban J connectivity index is 1.73. The quantitative estimate of drug-likeness (QED) is 0.383. The first-order chi connectivity index (χ1) is 15.6. The van der Waals surface area contributed by atoms with E-state index in [4.69, 9.17) is 9.26 Å². The number of carbonyl (C=O) groups excluding carboxylic acids is 2. The van der Waals surface area contributed by atoms with Crippen molar-refractivity contribution in [2.24, 2.45) is 0 Å². The first-order valence-corrected chi connectivity index (χ1v) is 12.4. The van der Waals surface area contributed by atoms with Gasteiger partial charge in [-0.05, 0) is 13.3 Å². The van der Waals surface area contributed by atoms with Crippen molar-refractivity contribution in [3.05, 3.63) is 11.8 Å². The fraction of sp³-hybridized carbons (Fsp3) is 0.792. The summed E-state index contributed by atoms with van der Waals surface area (Å²) < 4.78 is 10.4. The summed E-state index contributed by atoms with van der Waals surface area (Å²) in [7, 11) is 0. The van der Waals surface area contributed by atoms with E-state index in [-0.39, 0.29) is 18.4 Å². The summed E-state index contributed by atoms with van der Waals surface area (Å²) in [6.45, 7) is 8.51. The van der Waals surface area contributed by atoms with Crippen LogP contribution in [0.15, 0.2) is 10.6 Å². The molecule has 0 saturated carbocycles. The number of nitrogens with zero attached hydrogens (tertiary/aromatic N) is 3. The summed E-state index contributed by atoms with van der Waals surface area (Å²) in [5, 5.41) is 6.52. The molecule has 8 heteroatoms. The van der Waals surface area contributed by atoms with Gasteiger partial charge in [-0.3, -0.25) is 14.5 Å². The Kier molecular flexibility index (Phi) is 13.0. The smallest absolute Gasteiger partial charge is 0.245 e. The minimum atomic E-state index is -0.249. The molecule has 0 atom stereocenters. The van der Waals surface area contributed by atoms with Gasteiger partial charge in [-0.1, -0.05) is 63.4 Å². The average molecular weight is 451 g/mol. The Bertz CT molecular complexity index is 658. The molecule has 0 unspecified atom stereocenters. The van der Waals surface area contributed by atoms with E-state index in [9.17, 15) is 9.59 Å². The lowest BCUT2D eigenvalue weighted by molar-refractivity contribution is -0.135. The fourth-order valence-electron chi connectivity index (χ4n) is 3.90. The van der Waals surface area contributed by atoms with E-state index in [2.05, 4.69) is 22.3 Å². The molecule has 1 fully saturated rings. The summed E-state index contributed by atoms with van der Waals surface area (Å²) in [6, 6.07) is 1.67. The van der Waals surface area contributed by atoms with Crippen molar-refractivity contribution in [2.45, 2.75) is 78.1 Å². The molecule has 0 aliphatic carbocycles. The van der Waals surface area contributed by atoms with Crippen molar-refractivity contribution in [3.63, 3.8) is 0 Å². The maximum atomic E-state index is 12.9. The second kappa shape index (κ2) is 15.8. The number of aryl methyl sites for hydroxylation is 1. The largest absolute Gasteiger partial charge is 0.379 e. The van der Waals surface area contributed by atoms with Crippen molar-refractivity contribution in [1.82, 2.24) is 15.0 Å². The molecule has 1 aliphatic heterocycles. The maximum Gasteiger partial charge on any atom is 0.245 e. The van der Waals surface area contributed by atoms with E-state index < -0.39 is 0 Å². The van der Waals surface area contributed by atoms with Crippen molar-refractivity contribution >= 4 is 17.6 Å². The molecule has 182 valence electrons. The van der Waals surface area contributed by atoms with Crippen LogP contribution in [0.3, 0.4) is 0 Å². The van der Waals surface area contributed by atoms with Crippen LogP contribution in [0.5, 0.6) is 0 Å². The number of nitrogens with one attached hydrogen (secondary N) is 1. The topological polar surface area (TPSA) is 87.9 Å². The van der Waals surface area contributed by atoms with Gasteiger partial charge in [-0.2, -0.15) is 0 Å². The lowest BCUT2D eigenvalue weighted by Gasteiger charge is -2.30. The van der Waals surface area contributed by atoms with Gasteiger partial charge in [0.05, 0.1) is 19.8 Å². The highest BCUT2D eigenvalue weighted by Gasteiger charge is 2.20. The Hall–Kier alpha value is -1.93. The molecule has 1 aromatic heterocycles. The van der Waals surface area contributed by atoms with E-state index in [1.165, 1.54) is 44.9 Å². The highest BCUT2D eigenvalue weighted by Crippen LogP contribution is 2.12. The van der Waals surface area contributed by atoms with E-state index in [1.54, 1.807) is 17.9 Å². The van der Waals surface area contributed by atoms with E-state index in [0.29, 0.717) is 24.5 Å². The second-order valence-electron chi connectivity index (χ2n) is 8.72. The van der Waals surface area contributed by atoms with Gasteiger partial charge in [0.15, 0.2) is 5.82 Å². The Morgan fingerprint density at radius 1 is 1.06 bits per heavy atom. The van der Waals surface area contributed by atoms with Crippen molar-refractivity contribution in [1.29, 1.82) is 0 Å². The summed E-state index contributed by atoms with van der Waals surface area (Å²) in [5.74, 6) is 0.811. The third-order valence-electron chi connectivity index (χ3n) is 5.87. The molecule has 1 N–H and O–H groups in total. The van der Waals surface area contributed by atoms with Gasteiger partial charge in [-0.25, -0.2) is 0 Å². The number of aromatic nitrogens is 1. The van der Waals surface area contributed by atoms with Crippen LogP contribution in [0.4, 0.5) is 5.82 Å². The molecular formula is C24H42N4O4. The van der Waals surface area contributed by atoms with Gasteiger partial charge >= 0.3 is 0 Å². The number of ether oxygens (including phenoxy) is 1. The number of amides is 2. The van der Waals surface area contributed by atoms with E-state index in [0.717, 1.165) is 45.7 Å². The predicted octanol–water partition coefficient (Wildman–Crippen LogP) is 4.00. The van der Waals surface area contributed by atoms with Gasteiger partial charge in [0.25, 0.3) is 0 Å². The molecule has 0 spiro atoms. The van der Waals surface area contributed by atoms with Crippen LogP contribution in [0.25, 0.3) is 0 Å². The summed E-state index contributed by atoms with van der Waals surface area (Å²) in [4.78, 5) is 29.3. The summed E-state index contributed by atoms with van der Waals surface area (Å²) >= 11 is 0. The highest BCUT2D eigenvalue weighted by molar-refractivity contribution is 5.93. The zero-order valence-electron chi connectivity index (χ0n) is 20.1. The lowest BCUT2D eigenvalue weighted by Crippen LogP contribution is -2.45. The summed E-state index contributed by atoms with van der Waals surface area (Å²) in [6.07, 6.45) is 11.4. The summed E-state index contributed by atoms with van der Waals surface area (Å²) in [5.41, 5.74) is 0. The standard InChI is InChI=1S/C24H42N4O4/c1-3-4-5-6-7-8-9-10-11-12-24(30)28(14-13-27-15-17-31-18-16-27)20-23(29)25-22-19-21(2)32-26-22/h19H,3-18,20H2,1-2H3,(H,25,26,29). The van der Waals surface area contributed by atoms with Gasteiger partial charge in [0.2, 0.25) is 11.8 Å². The van der Waals surface area contributed by atoms with E-state index >= 15 is 0 Å². The molecule has 32 heavy (non-hydrogen) atoms. The van der Waals surface area contributed by atoms with Crippen LogP contribution in [0.2, 0.25) is 0 Å². The second-order valence-corrected chi connectivity index (χ2v) is 8.72. The number of rotatable bonds is 16. The molecule has 2 amide bonds. The van der Waals surface area contributed by atoms with Crippen LogP contribution in [0.1, 0.15) is 76.9 Å². The number of carbonyl (C=O) groups is 2. The molecule has 0 radical (unpaired) electrons.